The van der Waals surface area contributed by atoms with Crippen LogP contribution in [0.25, 0.3) is 0 Å². The van der Waals surface area contributed by atoms with Crippen LogP contribution < -0.4 is 0 Å². The number of hydrogen-bond donors (Lipinski definition) is 0. The summed E-state index contributed by atoms with van der Waals surface area (Å²) in [6.45, 7) is 12.3. The standard InChI is InChI=1S/C13H20O8S4/c1-5-22(14,15)9-13(10-23(16,17)6-2,11-24(18,19)7-3)12-25(20,21)8-4/h5-8H,1-4,9-12H2. The first kappa shape index (κ1) is 23.8. The van der Waals surface area contributed by atoms with Crippen molar-refractivity contribution in [2.45, 2.75) is 0 Å². The molecule has 0 fully saturated rings. The average molecular weight is 433 g/mol. The van der Waals surface area contributed by atoms with Crippen molar-refractivity contribution in [1.29, 1.82) is 0 Å². The maximum absolute atomic E-state index is 12.0. The first-order chi connectivity index (χ1) is 11.1. The van der Waals surface area contributed by atoms with Crippen LogP contribution in [-0.2, 0) is 39.3 Å². The van der Waals surface area contributed by atoms with Gasteiger partial charge in [0.15, 0.2) is 39.3 Å². The van der Waals surface area contributed by atoms with E-state index in [1.54, 1.807) is 0 Å². The van der Waals surface area contributed by atoms with Gasteiger partial charge in [-0.3, -0.25) is 0 Å². The van der Waals surface area contributed by atoms with Crippen LogP contribution in [0.4, 0.5) is 0 Å². The van der Waals surface area contributed by atoms with Crippen LogP contribution in [0.3, 0.4) is 0 Å². The van der Waals surface area contributed by atoms with Gasteiger partial charge in [0.1, 0.15) is 0 Å². The zero-order chi connectivity index (χ0) is 20.2. The zero-order valence-electron chi connectivity index (χ0n) is 13.4. The van der Waals surface area contributed by atoms with E-state index in [-0.39, 0.29) is 0 Å². The van der Waals surface area contributed by atoms with Crippen molar-refractivity contribution in [3.8, 4) is 0 Å². The van der Waals surface area contributed by atoms with Crippen LogP contribution in [-0.4, -0.2) is 56.7 Å². The van der Waals surface area contributed by atoms with Gasteiger partial charge in [-0.2, -0.15) is 0 Å². The van der Waals surface area contributed by atoms with Crippen LogP contribution in [0.5, 0.6) is 0 Å². The molecule has 12 heteroatoms. The molecule has 0 aromatic heterocycles. The smallest absolute Gasteiger partial charge is 0.171 e. The van der Waals surface area contributed by atoms with Gasteiger partial charge in [0, 0.05) is 27.0 Å². The molecule has 0 aromatic rings. The molecule has 0 spiro atoms. The van der Waals surface area contributed by atoms with Crippen molar-refractivity contribution in [1.82, 2.24) is 0 Å². The fraction of sp³-hybridized carbons (Fsp3) is 0.385. The van der Waals surface area contributed by atoms with E-state index >= 15 is 0 Å². The van der Waals surface area contributed by atoms with Crippen molar-refractivity contribution in [2.24, 2.45) is 5.41 Å². The molecular weight excluding hydrogens is 412 g/mol. The molecule has 0 aromatic carbocycles. The van der Waals surface area contributed by atoms with Gasteiger partial charge >= 0.3 is 0 Å². The first-order valence-electron chi connectivity index (χ1n) is 6.48. The van der Waals surface area contributed by atoms with E-state index in [0.717, 1.165) is 0 Å². The minimum atomic E-state index is -4.15. The summed E-state index contributed by atoms with van der Waals surface area (Å²) in [5, 5.41) is 2.01. The van der Waals surface area contributed by atoms with E-state index in [9.17, 15) is 33.7 Å². The molecule has 0 heterocycles. The molecular formula is C13H20O8S4. The lowest BCUT2D eigenvalue weighted by atomic mass is 9.99. The molecule has 8 nitrogen and oxygen atoms in total. The summed E-state index contributed by atoms with van der Waals surface area (Å²) in [4.78, 5) is 0. The van der Waals surface area contributed by atoms with Crippen molar-refractivity contribution in [3.63, 3.8) is 0 Å². The fourth-order valence-corrected chi connectivity index (χ4v) is 8.08. The van der Waals surface area contributed by atoms with Crippen LogP contribution in [0, 0.1) is 5.41 Å². The van der Waals surface area contributed by atoms with Gasteiger partial charge < -0.3 is 0 Å². The Morgan fingerprint density at radius 2 is 0.640 bits per heavy atom. The lowest BCUT2D eigenvalue weighted by Crippen LogP contribution is -2.46. The van der Waals surface area contributed by atoms with E-state index in [4.69, 9.17) is 0 Å². The highest BCUT2D eigenvalue weighted by molar-refractivity contribution is 7.97. The lowest BCUT2D eigenvalue weighted by molar-refractivity contribution is 0.455. The summed E-state index contributed by atoms with van der Waals surface area (Å²) < 4.78 is 95.7. The van der Waals surface area contributed by atoms with Gasteiger partial charge in [0.05, 0.1) is 23.0 Å². The predicted octanol–water partition coefficient (Wildman–Crippen LogP) is 0.206. The molecule has 0 bridgehead atoms. The molecule has 0 aliphatic carbocycles. The summed E-state index contributed by atoms with van der Waals surface area (Å²) in [6, 6.07) is 0. The Morgan fingerprint density at radius 3 is 0.760 bits per heavy atom. The molecule has 0 radical (unpaired) electrons. The molecule has 0 saturated carbocycles. The van der Waals surface area contributed by atoms with Gasteiger partial charge in [-0.15, -0.1) is 0 Å². The Morgan fingerprint density at radius 1 is 0.480 bits per heavy atom. The predicted molar refractivity (Wildman–Crippen MR) is 98.4 cm³/mol. The maximum Gasteiger partial charge on any atom is 0.171 e. The average Bonchev–Trinajstić information content (AvgIpc) is 2.45. The summed E-state index contributed by atoms with van der Waals surface area (Å²) >= 11 is 0. The molecule has 0 atom stereocenters. The monoisotopic (exact) mass is 432 g/mol. The highest BCUT2D eigenvalue weighted by atomic mass is 32.2. The van der Waals surface area contributed by atoms with Gasteiger partial charge in [-0.25, -0.2) is 33.7 Å². The number of hydrogen-bond acceptors (Lipinski definition) is 8. The third kappa shape index (κ3) is 8.12. The van der Waals surface area contributed by atoms with E-state index in [1.165, 1.54) is 0 Å². The Labute approximate surface area is 149 Å². The molecule has 0 N–H and O–H groups in total. The second-order valence-corrected chi connectivity index (χ2v) is 13.2. The van der Waals surface area contributed by atoms with Crippen LogP contribution in [0.15, 0.2) is 47.9 Å². The second-order valence-electron chi connectivity index (χ2n) is 5.40. The normalized spacial score (nSPS) is 13.8. The Kier molecular flexibility index (Phi) is 7.58. The maximum atomic E-state index is 12.0. The van der Waals surface area contributed by atoms with E-state index < -0.39 is 67.8 Å². The van der Waals surface area contributed by atoms with E-state index in [2.05, 4.69) is 26.3 Å². The van der Waals surface area contributed by atoms with Crippen LogP contribution in [0.2, 0.25) is 0 Å². The molecule has 0 unspecified atom stereocenters. The minimum absolute atomic E-state index is 0.503. The van der Waals surface area contributed by atoms with Gasteiger partial charge in [-0.05, 0) is 0 Å². The largest absolute Gasteiger partial charge is 0.224 e. The third-order valence-corrected chi connectivity index (χ3v) is 9.14. The quantitative estimate of drug-likeness (QED) is 0.427. The number of sulfone groups is 4. The third-order valence-electron chi connectivity index (χ3n) is 3.05. The molecule has 0 amide bonds. The molecule has 0 saturated heterocycles. The van der Waals surface area contributed by atoms with Crippen molar-refractivity contribution >= 4 is 39.3 Å². The van der Waals surface area contributed by atoms with Crippen molar-refractivity contribution in [3.05, 3.63) is 47.9 Å². The molecule has 25 heavy (non-hydrogen) atoms. The first-order valence-corrected chi connectivity index (χ1v) is 13.3. The van der Waals surface area contributed by atoms with Crippen molar-refractivity contribution < 1.29 is 33.7 Å². The Hall–Kier alpha value is -1.24. The fourth-order valence-electron chi connectivity index (χ4n) is 2.19. The second kappa shape index (κ2) is 7.98. The molecule has 0 rings (SSSR count). The zero-order valence-corrected chi connectivity index (χ0v) is 16.6. The highest BCUT2D eigenvalue weighted by Crippen LogP contribution is 2.29. The molecule has 0 aliphatic heterocycles. The number of rotatable bonds is 12. The van der Waals surface area contributed by atoms with Crippen molar-refractivity contribution in [2.75, 3.05) is 23.0 Å². The minimum Gasteiger partial charge on any atom is -0.224 e. The summed E-state index contributed by atoms with van der Waals surface area (Å²) in [6.07, 6.45) is 0. The van der Waals surface area contributed by atoms with Crippen LogP contribution in [0.1, 0.15) is 0 Å². The Bertz CT molecular complexity index is 799. The van der Waals surface area contributed by atoms with Gasteiger partial charge in [0.25, 0.3) is 0 Å². The Balaban J connectivity index is 6.67. The topological polar surface area (TPSA) is 137 Å². The summed E-state index contributed by atoms with van der Waals surface area (Å²) in [5.41, 5.74) is -2.19. The van der Waals surface area contributed by atoms with E-state index in [0.29, 0.717) is 21.6 Å². The van der Waals surface area contributed by atoms with Gasteiger partial charge in [0.2, 0.25) is 0 Å². The van der Waals surface area contributed by atoms with Crippen LogP contribution >= 0.6 is 0 Å². The SMILES string of the molecule is C=CS(=O)(=O)CC(CS(=O)(=O)C=C)(CS(=O)(=O)C=C)CS(=O)(=O)C=C. The summed E-state index contributed by atoms with van der Waals surface area (Å²) in [7, 11) is -16.6. The van der Waals surface area contributed by atoms with E-state index in [1.807, 2.05) is 0 Å². The lowest BCUT2D eigenvalue weighted by Gasteiger charge is -2.31. The molecule has 0 aliphatic rings. The van der Waals surface area contributed by atoms with Gasteiger partial charge in [-0.1, -0.05) is 26.3 Å². The summed E-state index contributed by atoms with van der Waals surface area (Å²) in [5.74, 6) is -4.24. The molecule has 144 valence electrons. The highest BCUT2D eigenvalue weighted by Gasteiger charge is 2.44.